The summed E-state index contributed by atoms with van der Waals surface area (Å²) in [4.78, 5) is 11.6. The monoisotopic (exact) mass is 296 g/mol. The van der Waals surface area contributed by atoms with E-state index in [0.29, 0.717) is 6.42 Å². The van der Waals surface area contributed by atoms with Gasteiger partial charge in [-0.3, -0.25) is 4.79 Å². The first-order valence-corrected chi connectivity index (χ1v) is 6.88. The fraction of sp³-hybridized carbons (Fsp3) is 0.357. The van der Waals surface area contributed by atoms with Gasteiger partial charge in [-0.15, -0.1) is 0 Å². The van der Waals surface area contributed by atoms with Crippen LogP contribution >= 0.6 is 11.6 Å². The average molecular weight is 297 g/mol. The predicted molar refractivity (Wildman–Crippen MR) is 73.4 cm³/mol. The number of nitrogens with one attached hydrogen (secondary N) is 1. The largest absolute Gasteiger partial charge is 0.384 e. The van der Waals surface area contributed by atoms with Gasteiger partial charge in [-0.25, -0.2) is 4.39 Å². The highest BCUT2D eigenvalue weighted by Crippen LogP contribution is 2.31. The average Bonchev–Trinajstić information content (AvgIpc) is 2.88. The Bertz CT molecular complexity index is 667. The van der Waals surface area contributed by atoms with E-state index < -0.39 is 5.82 Å². The third-order valence-corrected chi connectivity index (χ3v) is 3.96. The molecule has 1 N–H and O–H groups in total. The summed E-state index contributed by atoms with van der Waals surface area (Å²) in [6.07, 6.45) is 2.87. The van der Waals surface area contributed by atoms with Crippen molar-refractivity contribution < 1.29 is 8.91 Å². The lowest BCUT2D eigenvalue weighted by Gasteiger charge is -2.30. The maximum Gasteiger partial charge on any atom is 0.282 e. The van der Waals surface area contributed by atoms with E-state index in [9.17, 15) is 9.18 Å². The van der Waals surface area contributed by atoms with Gasteiger partial charge in [0, 0.05) is 12.1 Å². The summed E-state index contributed by atoms with van der Waals surface area (Å²) in [7, 11) is 0. The molecule has 1 aromatic heterocycles. The lowest BCUT2D eigenvalue weighted by Crippen LogP contribution is -2.35. The van der Waals surface area contributed by atoms with Gasteiger partial charge in [0.1, 0.15) is 12.1 Å². The molecule has 20 heavy (non-hydrogen) atoms. The number of aromatic nitrogens is 1. The molecule has 2 atom stereocenters. The molecule has 0 aliphatic carbocycles. The van der Waals surface area contributed by atoms with Crippen molar-refractivity contribution in [2.24, 2.45) is 0 Å². The van der Waals surface area contributed by atoms with Crippen molar-refractivity contribution in [1.82, 2.24) is 10.1 Å². The Morgan fingerprint density at radius 2 is 2.25 bits per heavy atom. The van der Waals surface area contributed by atoms with Gasteiger partial charge in [-0.05, 0) is 37.1 Å². The van der Waals surface area contributed by atoms with E-state index in [1.165, 1.54) is 23.1 Å². The van der Waals surface area contributed by atoms with Crippen LogP contribution < -0.4 is 10.9 Å². The van der Waals surface area contributed by atoms with Crippen LogP contribution in [0.5, 0.6) is 0 Å². The maximum absolute atomic E-state index is 13.5. The Morgan fingerprint density at radius 1 is 1.40 bits per heavy atom. The van der Waals surface area contributed by atoms with E-state index in [2.05, 4.69) is 5.32 Å². The summed E-state index contributed by atoms with van der Waals surface area (Å²) >= 11 is 5.69. The molecule has 1 fully saturated rings. The van der Waals surface area contributed by atoms with Crippen molar-refractivity contribution in [3.05, 3.63) is 57.3 Å². The van der Waals surface area contributed by atoms with Crippen LogP contribution in [-0.4, -0.2) is 11.3 Å². The molecule has 6 heteroatoms. The molecule has 4 nitrogen and oxygen atoms in total. The van der Waals surface area contributed by atoms with Crippen molar-refractivity contribution >= 4 is 11.6 Å². The molecule has 3 rings (SSSR count). The van der Waals surface area contributed by atoms with Crippen LogP contribution in [-0.2, 0) is 0 Å². The van der Waals surface area contributed by atoms with Crippen LogP contribution in [0.25, 0.3) is 0 Å². The lowest BCUT2D eigenvalue weighted by molar-refractivity contribution is 0.161. The molecular formula is C14H14ClFN2O2. The predicted octanol–water partition coefficient (Wildman–Crippen LogP) is 2.90. The first kappa shape index (κ1) is 13.4. The van der Waals surface area contributed by atoms with E-state index >= 15 is 0 Å². The smallest absolute Gasteiger partial charge is 0.282 e. The van der Waals surface area contributed by atoms with Gasteiger partial charge in [0.05, 0.1) is 11.1 Å². The Hall–Kier alpha value is -1.59. The van der Waals surface area contributed by atoms with Crippen LogP contribution in [0.15, 0.2) is 39.8 Å². The van der Waals surface area contributed by atoms with Crippen molar-refractivity contribution in [3.63, 3.8) is 0 Å². The van der Waals surface area contributed by atoms with Gasteiger partial charge >= 0.3 is 0 Å². The quantitative estimate of drug-likeness (QED) is 0.927. The molecule has 106 valence electrons. The molecule has 1 aliphatic rings. The fourth-order valence-electron chi connectivity index (χ4n) is 2.64. The second kappa shape index (κ2) is 5.42. The van der Waals surface area contributed by atoms with Crippen LogP contribution in [0, 0.1) is 5.82 Å². The normalized spacial score (nSPS) is 22.9. The summed E-state index contributed by atoms with van der Waals surface area (Å²) in [5, 5.41) is 3.44. The minimum Gasteiger partial charge on any atom is -0.384 e. The van der Waals surface area contributed by atoms with Gasteiger partial charge in [-0.1, -0.05) is 17.7 Å². The Kier molecular flexibility index (Phi) is 3.63. The number of piperidine rings is 1. The van der Waals surface area contributed by atoms with Crippen molar-refractivity contribution in [2.75, 3.05) is 6.54 Å². The van der Waals surface area contributed by atoms with Crippen LogP contribution in [0.1, 0.15) is 30.5 Å². The minimum absolute atomic E-state index is 0.0116. The second-order valence-electron chi connectivity index (χ2n) is 4.93. The van der Waals surface area contributed by atoms with Gasteiger partial charge < -0.3 is 9.84 Å². The zero-order chi connectivity index (χ0) is 14.1. The van der Waals surface area contributed by atoms with Gasteiger partial charge in [0.2, 0.25) is 0 Å². The second-order valence-corrected chi connectivity index (χ2v) is 5.34. The third kappa shape index (κ3) is 2.51. The number of nitrogens with zero attached hydrogens (tertiary/aromatic N) is 1. The van der Waals surface area contributed by atoms with Crippen LogP contribution in [0.3, 0.4) is 0 Å². The molecule has 2 aromatic rings. The number of benzene rings is 1. The first-order chi connectivity index (χ1) is 9.65. The van der Waals surface area contributed by atoms with Crippen LogP contribution in [0.2, 0.25) is 5.02 Å². The molecule has 0 amide bonds. The molecule has 0 saturated carbocycles. The number of hydrogen-bond donors (Lipinski definition) is 1. The highest BCUT2D eigenvalue weighted by molar-refractivity contribution is 6.30. The number of hydrogen-bond acceptors (Lipinski definition) is 3. The molecule has 1 saturated heterocycles. The summed E-state index contributed by atoms with van der Waals surface area (Å²) in [5.41, 5.74) is 0.689. The minimum atomic E-state index is -0.428. The number of halogens is 2. The molecule has 1 aromatic carbocycles. The van der Waals surface area contributed by atoms with Crippen molar-refractivity contribution in [3.8, 4) is 0 Å². The molecule has 0 radical (unpaired) electrons. The van der Waals surface area contributed by atoms with E-state index in [0.717, 1.165) is 18.5 Å². The first-order valence-electron chi connectivity index (χ1n) is 6.50. The highest BCUT2D eigenvalue weighted by Gasteiger charge is 2.26. The van der Waals surface area contributed by atoms with Gasteiger partial charge in [0.15, 0.2) is 0 Å². The highest BCUT2D eigenvalue weighted by atomic mass is 35.5. The number of rotatable bonds is 2. The molecule has 1 aliphatic heterocycles. The summed E-state index contributed by atoms with van der Waals surface area (Å²) in [6, 6.07) is 6.17. The van der Waals surface area contributed by atoms with Crippen molar-refractivity contribution in [2.45, 2.75) is 24.9 Å². The Morgan fingerprint density at radius 3 is 2.95 bits per heavy atom. The zero-order valence-electron chi connectivity index (χ0n) is 10.7. The zero-order valence-corrected chi connectivity index (χ0v) is 11.4. The van der Waals surface area contributed by atoms with E-state index in [1.54, 1.807) is 12.1 Å². The molecule has 0 bridgehead atoms. The van der Waals surface area contributed by atoms with Gasteiger partial charge in [0.25, 0.3) is 5.56 Å². The topological polar surface area (TPSA) is 47.2 Å². The summed E-state index contributed by atoms with van der Waals surface area (Å²) in [5.74, 6) is -0.428. The molecule has 0 spiro atoms. The molecular weight excluding hydrogens is 283 g/mol. The van der Waals surface area contributed by atoms with E-state index in [4.69, 9.17) is 16.1 Å². The van der Waals surface area contributed by atoms with Crippen molar-refractivity contribution in [1.29, 1.82) is 0 Å². The molecule has 2 heterocycles. The van der Waals surface area contributed by atoms with E-state index in [1.807, 2.05) is 0 Å². The Labute approximate surface area is 120 Å². The summed E-state index contributed by atoms with van der Waals surface area (Å²) in [6.45, 7) is 0.743. The maximum atomic E-state index is 13.5. The standard InChI is InChI=1S/C14H14ClFN2O2/c15-11-2-1-9(7-12(11)16)13-8-10(3-5-17-13)18-14(19)4-6-20-18/h1-2,4,6-7,10,13,17H,3,5,8H2/t10-,13-/m0/s1. The van der Waals surface area contributed by atoms with E-state index in [-0.39, 0.29) is 22.7 Å². The molecule has 0 unspecified atom stereocenters. The summed E-state index contributed by atoms with van der Waals surface area (Å²) < 4.78 is 20.1. The van der Waals surface area contributed by atoms with Crippen LogP contribution in [0.4, 0.5) is 4.39 Å². The SMILES string of the molecule is O=c1ccon1[C@H]1CCN[C@H](c2ccc(Cl)c(F)c2)C1. The Balaban J connectivity index is 1.83. The fourth-order valence-corrected chi connectivity index (χ4v) is 2.76. The van der Waals surface area contributed by atoms with Gasteiger partial charge in [-0.2, -0.15) is 4.74 Å². The lowest BCUT2D eigenvalue weighted by atomic mass is 9.94. The third-order valence-electron chi connectivity index (χ3n) is 3.66.